The summed E-state index contributed by atoms with van der Waals surface area (Å²) >= 11 is 0. The van der Waals surface area contributed by atoms with E-state index in [2.05, 4.69) is 14.9 Å². The Kier molecular flexibility index (Phi) is 4.56. The molecule has 0 radical (unpaired) electrons. The van der Waals surface area contributed by atoms with Gasteiger partial charge in [0.1, 0.15) is 5.56 Å². The zero-order valence-corrected chi connectivity index (χ0v) is 11.9. The number of carbonyl (C=O) groups is 1. The molecule has 1 aromatic heterocycles. The van der Waals surface area contributed by atoms with Gasteiger partial charge in [-0.2, -0.15) is 5.10 Å². The molecule has 0 saturated heterocycles. The summed E-state index contributed by atoms with van der Waals surface area (Å²) in [5.74, 6) is -0.704. The molecule has 2 N–H and O–H groups in total. The normalized spacial score (nSPS) is 18.9. The molecule has 7 nitrogen and oxygen atoms in total. The molecule has 110 valence electrons. The fourth-order valence-corrected chi connectivity index (χ4v) is 3.38. The molecule has 0 bridgehead atoms. The lowest BCUT2D eigenvalue weighted by molar-refractivity contribution is 0.0522. The van der Waals surface area contributed by atoms with Gasteiger partial charge in [0, 0.05) is 6.04 Å². The molecule has 20 heavy (non-hydrogen) atoms. The van der Waals surface area contributed by atoms with Gasteiger partial charge in [-0.3, -0.25) is 5.10 Å². The van der Waals surface area contributed by atoms with Crippen molar-refractivity contribution < 1.29 is 17.9 Å². The highest BCUT2D eigenvalue weighted by molar-refractivity contribution is 7.89. The maximum absolute atomic E-state index is 12.3. The Morgan fingerprint density at radius 2 is 2.35 bits per heavy atom. The summed E-state index contributed by atoms with van der Waals surface area (Å²) in [4.78, 5) is 11.7. The highest BCUT2D eigenvalue weighted by atomic mass is 32.2. The van der Waals surface area contributed by atoms with Crippen molar-refractivity contribution in [2.24, 2.45) is 0 Å². The van der Waals surface area contributed by atoms with Gasteiger partial charge >= 0.3 is 5.97 Å². The Balaban J connectivity index is 2.19. The van der Waals surface area contributed by atoms with E-state index in [4.69, 9.17) is 4.74 Å². The van der Waals surface area contributed by atoms with Crippen molar-refractivity contribution in [3.8, 4) is 0 Å². The predicted molar refractivity (Wildman–Crippen MR) is 71.6 cm³/mol. The van der Waals surface area contributed by atoms with E-state index in [1.807, 2.05) is 12.2 Å². The van der Waals surface area contributed by atoms with Crippen molar-refractivity contribution >= 4 is 16.0 Å². The van der Waals surface area contributed by atoms with Crippen LogP contribution in [-0.2, 0) is 14.8 Å². The average molecular weight is 299 g/mol. The molecule has 1 unspecified atom stereocenters. The minimum absolute atomic E-state index is 0.0781. The van der Waals surface area contributed by atoms with Crippen LogP contribution < -0.4 is 4.72 Å². The molecule has 0 fully saturated rings. The number of hydrogen-bond donors (Lipinski definition) is 2. The second kappa shape index (κ2) is 6.19. The first kappa shape index (κ1) is 14.7. The second-order valence-corrected chi connectivity index (χ2v) is 6.09. The first-order valence-electron chi connectivity index (χ1n) is 6.42. The fourth-order valence-electron chi connectivity index (χ4n) is 2.01. The van der Waals surface area contributed by atoms with E-state index in [1.165, 1.54) is 0 Å². The van der Waals surface area contributed by atoms with Crippen molar-refractivity contribution in [2.75, 3.05) is 6.61 Å². The van der Waals surface area contributed by atoms with Crippen LogP contribution in [-0.4, -0.2) is 37.2 Å². The summed E-state index contributed by atoms with van der Waals surface area (Å²) in [5, 5.41) is 5.74. The van der Waals surface area contributed by atoms with E-state index in [9.17, 15) is 13.2 Å². The molecular weight excluding hydrogens is 282 g/mol. The van der Waals surface area contributed by atoms with Gasteiger partial charge in [0.15, 0.2) is 5.03 Å². The van der Waals surface area contributed by atoms with E-state index >= 15 is 0 Å². The number of esters is 1. The topological polar surface area (TPSA) is 101 Å². The smallest absolute Gasteiger partial charge is 0.342 e. The Morgan fingerprint density at radius 3 is 3.00 bits per heavy atom. The molecule has 0 amide bonds. The average Bonchev–Trinajstić information content (AvgIpc) is 2.90. The van der Waals surface area contributed by atoms with Gasteiger partial charge in [-0.1, -0.05) is 12.2 Å². The van der Waals surface area contributed by atoms with Crippen LogP contribution in [0.1, 0.15) is 36.5 Å². The van der Waals surface area contributed by atoms with Gasteiger partial charge in [0.2, 0.25) is 0 Å². The van der Waals surface area contributed by atoms with Crippen molar-refractivity contribution in [1.82, 2.24) is 14.9 Å². The van der Waals surface area contributed by atoms with Crippen LogP contribution in [0.15, 0.2) is 23.4 Å². The molecule has 1 heterocycles. The number of nitrogens with zero attached hydrogens (tertiary/aromatic N) is 1. The summed E-state index contributed by atoms with van der Waals surface area (Å²) in [6, 6.07) is -0.164. The van der Waals surface area contributed by atoms with Crippen molar-refractivity contribution in [3.05, 3.63) is 23.9 Å². The van der Waals surface area contributed by atoms with E-state index in [0.717, 1.165) is 19.0 Å². The Bertz CT molecular complexity index is 606. The lowest BCUT2D eigenvalue weighted by Crippen LogP contribution is -2.36. The van der Waals surface area contributed by atoms with Crippen molar-refractivity contribution in [1.29, 1.82) is 0 Å². The fraction of sp³-hybridized carbons (Fsp3) is 0.500. The standard InChI is InChI=1S/C12H17N3O4S/c1-2-19-12(16)10-8-13-14-11(10)20(17,18)15-9-6-4-3-5-7-9/h3-4,8-9,15H,2,5-7H2,1H3,(H,13,14). The first-order valence-corrected chi connectivity index (χ1v) is 7.90. The van der Waals surface area contributed by atoms with Gasteiger partial charge in [-0.15, -0.1) is 0 Å². The third-order valence-corrected chi connectivity index (χ3v) is 4.45. The van der Waals surface area contributed by atoms with Gasteiger partial charge in [-0.05, 0) is 26.2 Å². The third-order valence-electron chi connectivity index (χ3n) is 2.96. The van der Waals surface area contributed by atoms with E-state index < -0.39 is 16.0 Å². The lowest BCUT2D eigenvalue weighted by atomic mass is 10.0. The molecule has 2 rings (SSSR count). The summed E-state index contributed by atoms with van der Waals surface area (Å²) < 4.78 is 31.9. The Labute approximate surface area is 117 Å². The number of ether oxygens (including phenoxy) is 1. The van der Waals surface area contributed by atoms with Crippen LogP contribution in [0.4, 0.5) is 0 Å². The number of H-pyrrole nitrogens is 1. The van der Waals surface area contributed by atoms with Gasteiger partial charge in [0.25, 0.3) is 10.0 Å². The molecule has 1 aliphatic rings. The Morgan fingerprint density at radius 1 is 1.55 bits per heavy atom. The number of allylic oxidation sites excluding steroid dienone is 1. The van der Waals surface area contributed by atoms with E-state index in [0.29, 0.717) is 6.42 Å². The molecular formula is C12H17N3O4S. The van der Waals surface area contributed by atoms with Crippen LogP contribution in [0, 0.1) is 0 Å². The molecule has 0 aromatic carbocycles. The number of nitrogens with one attached hydrogen (secondary N) is 2. The number of sulfonamides is 1. The van der Waals surface area contributed by atoms with Gasteiger partial charge in [-0.25, -0.2) is 17.9 Å². The Hall–Kier alpha value is -1.67. The van der Waals surface area contributed by atoms with E-state index in [-0.39, 0.29) is 23.2 Å². The number of carbonyl (C=O) groups excluding carboxylic acids is 1. The molecule has 8 heteroatoms. The van der Waals surface area contributed by atoms with Crippen LogP contribution in [0.2, 0.25) is 0 Å². The minimum atomic E-state index is -3.81. The zero-order valence-electron chi connectivity index (χ0n) is 11.1. The molecule has 0 saturated carbocycles. The monoisotopic (exact) mass is 299 g/mol. The van der Waals surface area contributed by atoms with Gasteiger partial charge < -0.3 is 4.74 Å². The molecule has 1 aliphatic carbocycles. The highest BCUT2D eigenvalue weighted by Gasteiger charge is 2.28. The molecule has 1 atom stereocenters. The van der Waals surface area contributed by atoms with Crippen LogP contribution >= 0.6 is 0 Å². The van der Waals surface area contributed by atoms with Gasteiger partial charge in [0.05, 0.1) is 12.8 Å². The quantitative estimate of drug-likeness (QED) is 0.623. The summed E-state index contributed by atoms with van der Waals surface area (Å²) in [6.45, 7) is 1.82. The molecule has 0 spiro atoms. The third kappa shape index (κ3) is 3.26. The lowest BCUT2D eigenvalue weighted by Gasteiger charge is -2.18. The van der Waals surface area contributed by atoms with E-state index in [1.54, 1.807) is 6.92 Å². The summed E-state index contributed by atoms with van der Waals surface area (Å²) in [5.41, 5.74) is -0.0781. The zero-order chi connectivity index (χ0) is 14.6. The van der Waals surface area contributed by atoms with Crippen molar-refractivity contribution in [3.63, 3.8) is 0 Å². The highest BCUT2D eigenvalue weighted by Crippen LogP contribution is 2.17. The number of hydrogen-bond acceptors (Lipinski definition) is 5. The second-order valence-electron chi connectivity index (χ2n) is 4.44. The predicted octanol–water partition coefficient (Wildman–Crippen LogP) is 0.973. The maximum atomic E-state index is 12.3. The summed E-state index contributed by atoms with van der Waals surface area (Å²) in [6.07, 6.45) is 7.33. The van der Waals surface area contributed by atoms with Crippen molar-refractivity contribution in [2.45, 2.75) is 37.3 Å². The SMILES string of the molecule is CCOC(=O)c1cn[nH]c1S(=O)(=O)NC1CC=CCC1. The number of aromatic nitrogens is 2. The number of rotatable bonds is 5. The van der Waals surface area contributed by atoms with Crippen LogP contribution in [0.25, 0.3) is 0 Å². The molecule has 1 aromatic rings. The largest absolute Gasteiger partial charge is 0.462 e. The molecule has 0 aliphatic heterocycles. The first-order chi connectivity index (χ1) is 9.54. The summed E-state index contributed by atoms with van der Waals surface area (Å²) in [7, 11) is -3.81. The maximum Gasteiger partial charge on any atom is 0.342 e. The van der Waals surface area contributed by atoms with Crippen LogP contribution in [0.5, 0.6) is 0 Å². The number of aromatic amines is 1. The minimum Gasteiger partial charge on any atom is -0.462 e. The van der Waals surface area contributed by atoms with Crippen LogP contribution in [0.3, 0.4) is 0 Å².